The molecular weight excluding hydrogens is 569 g/mol. The Morgan fingerprint density at radius 2 is 1.81 bits per heavy atom. The summed E-state index contributed by atoms with van der Waals surface area (Å²) in [6.07, 6.45) is 1.47. The molecule has 3 N–H and O–H groups in total. The van der Waals surface area contributed by atoms with Crippen molar-refractivity contribution in [1.82, 2.24) is 20.9 Å². The quantitative estimate of drug-likeness (QED) is 0.295. The molecule has 2 aromatic rings. The molecule has 1 saturated heterocycles. The van der Waals surface area contributed by atoms with Gasteiger partial charge in [-0.1, -0.05) is 6.07 Å². The SMILES string of the molecule is COCC1=C(C(=O)OC)C(c2ccc(F)c(F)c2)N(C(=O)NCCNC2CCN(c3ccc(F)cc3C#N)CC2)C(=O)N1. The summed E-state index contributed by atoms with van der Waals surface area (Å²) in [6, 6.07) is 5.90. The number of amides is 4. The van der Waals surface area contributed by atoms with Crippen LogP contribution in [-0.4, -0.2) is 76.0 Å². The predicted molar refractivity (Wildman–Crippen MR) is 148 cm³/mol. The molecule has 11 nitrogen and oxygen atoms in total. The Kier molecular flexibility index (Phi) is 10.2. The predicted octanol–water partition coefficient (Wildman–Crippen LogP) is 3.08. The molecule has 0 bridgehead atoms. The Morgan fingerprint density at radius 1 is 1.07 bits per heavy atom. The number of urea groups is 2. The number of piperidine rings is 1. The number of carbonyl (C=O) groups is 3. The number of esters is 1. The molecule has 43 heavy (non-hydrogen) atoms. The number of nitrogens with zero attached hydrogens (tertiary/aromatic N) is 3. The average Bonchev–Trinajstić information content (AvgIpc) is 3.00. The van der Waals surface area contributed by atoms with E-state index in [1.165, 1.54) is 25.3 Å². The molecule has 2 aromatic carbocycles. The van der Waals surface area contributed by atoms with Crippen LogP contribution in [0.3, 0.4) is 0 Å². The maximum atomic E-state index is 14.2. The second-order valence-electron chi connectivity index (χ2n) is 9.91. The molecule has 2 aliphatic heterocycles. The lowest BCUT2D eigenvalue weighted by Crippen LogP contribution is -2.56. The number of halogens is 3. The molecule has 4 rings (SSSR count). The van der Waals surface area contributed by atoms with Crippen LogP contribution < -0.4 is 20.9 Å². The van der Waals surface area contributed by atoms with E-state index in [0.717, 1.165) is 32.1 Å². The van der Waals surface area contributed by atoms with Crippen molar-refractivity contribution in [2.24, 2.45) is 0 Å². The zero-order valence-corrected chi connectivity index (χ0v) is 23.6. The fourth-order valence-electron chi connectivity index (χ4n) is 5.21. The maximum Gasteiger partial charge on any atom is 0.338 e. The highest BCUT2D eigenvalue weighted by atomic mass is 19.2. The molecule has 228 valence electrons. The van der Waals surface area contributed by atoms with Crippen LogP contribution in [0.4, 0.5) is 28.4 Å². The van der Waals surface area contributed by atoms with Crippen LogP contribution in [0.15, 0.2) is 47.7 Å². The Hall–Kier alpha value is -4.61. The highest BCUT2D eigenvalue weighted by Crippen LogP contribution is 2.35. The average molecular weight is 601 g/mol. The minimum absolute atomic E-state index is 0.0219. The van der Waals surface area contributed by atoms with E-state index in [9.17, 15) is 32.8 Å². The second-order valence-corrected chi connectivity index (χ2v) is 9.91. The van der Waals surface area contributed by atoms with Crippen molar-refractivity contribution in [3.63, 3.8) is 0 Å². The first-order valence-corrected chi connectivity index (χ1v) is 13.5. The highest BCUT2D eigenvalue weighted by molar-refractivity contribution is 6.01. The first-order chi connectivity index (χ1) is 20.7. The van der Waals surface area contributed by atoms with E-state index in [-0.39, 0.29) is 41.6 Å². The lowest BCUT2D eigenvalue weighted by molar-refractivity contribution is -0.137. The Bertz CT molecular complexity index is 1450. The monoisotopic (exact) mass is 600 g/mol. The normalized spacial score (nSPS) is 17.4. The third kappa shape index (κ3) is 7.07. The first kappa shape index (κ1) is 31.3. The number of rotatable bonds is 9. The number of nitriles is 1. The molecule has 0 aliphatic carbocycles. The van der Waals surface area contributed by atoms with Crippen LogP contribution >= 0.6 is 0 Å². The van der Waals surface area contributed by atoms with Crippen molar-refractivity contribution in [1.29, 1.82) is 5.26 Å². The summed E-state index contributed by atoms with van der Waals surface area (Å²) in [6.45, 7) is 1.51. The minimum atomic E-state index is -1.43. The number of nitrogens with one attached hydrogen (secondary N) is 3. The lowest BCUT2D eigenvalue weighted by Gasteiger charge is -2.37. The van der Waals surface area contributed by atoms with Crippen LogP contribution in [-0.2, 0) is 14.3 Å². The molecule has 2 aliphatic rings. The Morgan fingerprint density at radius 3 is 2.47 bits per heavy atom. The van der Waals surface area contributed by atoms with Crippen molar-refractivity contribution in [2.75, 3.05) is 51.9 Å². The maximum absolute atomic E-state index is 14.2. The van der Waals surface area contributed by atoms with E-state index >= 15 is 0 Å². The van der Waals surface area contributed by atoms with Gasteiger partial charge in [-0.2, -0.15) is 5.26 Å². The van der Waals surface area contributed by atoms with Gasteiger partial charge in [-0.05, 0) is 48.7 Å². The van der Waals surface area contributed by atoms with Gasteiger partial charge >= 0.3 is 18.0 Å². The van der Waals surface area contributed by atoms with Crippen molar-refractivity contribution >= 4 is 23.7 Å². The summed E-state index contributed by atoms with van der Waals surface area (Å²) >= 11 is 0. The Labute approximate surface area is 246 Å². The van der Waals surface area contributed by atoms with Crippen LogP contribution in [0.5, 0.6) is 0 Å². The second kappa shape index (κ2) is 14.0. The van der Waals surface area contributed by atoms with E-state index in [1.54, 1.807) is 6.07 Å². The highest BCUT2D eigenvalue weighted by Gasteiger charge is 2.43. The standard InChI is InChI=1S/C29H31F3N6O5/c1-42-16-23-25(27(39)43-2)26(17-3-5-21(31)22(32)14-17)38(29(41)36-23)28(40)35-10-9-34-20-7-11-37(12-8-20)24-6-4-19(30)13-18(24)15-33/h3-6,13-14,20,26,34H,7-12,16H2,1-2H3,(H,35,40)(H,36,41). The molecule has 0 saturated carbocycles. The van der Waals surface area contributed by atoms with E-state index in [2.05, 4.69) is 16.0 Å². The molecule has 4 amide bonds. The Balaban J connectivity index is 1.41. The van der Waals surface area contributed by atoms with Gasteiger partial charge in [0.1, 0.15) is 17.9 Å². The number of methoxy groups -OCH3 is 2. The summed E-state index contributed by atoms with van der Waals surface area (Å²) in [5.41, 5.74) is 0.781. The molecule has 2 heterocycles. The molecular formula is C29H31F3N6O5. The first-order valence-electron chi connectivity index (χ1n) is 13.5. The van der Waals surface area contributed by atoms with Crippen LogP contribution in [0, 0.1) is 28.8 Å². The number of anilines is 1. The zero-order valence-electron chi connectivity index (χ0n) is 23.6. The smallest absolute Gasteiger partial charge is 0.338 e. The van der Waals surface area contributed by atoms with Gasteiger partial charge in [0, 0.05) is 39.3 Å². The van der Waals surface area contributed by atoms with Crippen molar-refractivity contribution < 1.29 is 37.0 Å². The van der Waals surface area contributed by atoms with E-state index in [1.807, 2.05) is 11.0 Å². The van der Waals surface area contributed by atoms with Gasteiger partial charge in [0.05, 0.1) is 36.2 Å². The van der Waals surface area contributed by atoms with Gasteiger partial charge in [-0.25, -0.2) is 32.5 Å². The third-order valence-electron chi connectivity index (χ3n) is 7.25. The summed E-state index contributed by atoms with van der Waals surface area (Å²) < 4.78 is 51.4. The third-order valence-corrected chi connectivity index (χ3v) is 7.25. The summed E-state index contributed by atoms with van der Waals surface area (Å²) in [5.74, 6) is -3.72. The summed E-state index contributed by atoms with van der Waals surface area (Å²) in [7, 11) is 2.45. The molecule has 1 unspecified atom stereocenters. The van der Waals surface area contributed by atoms with Gasteiger partial charge in [0.15, 0.2) is 11.6 Å². The van der Waals surface area contributed by atoms with Gasteiger partial charge in [-0.15, -0.1) is 0 Å². The van der Waals surface area contributed by atoms with Crippen LogP contribution in [0.25, 0.3) is 0 Å². The van der Waals surface area contributed by atoms with Gasteiger partial charge in [-0.3, -0.25) is 0 Å². The van der Waals surface area contributed by atoms with E-state index in [0.29, 0.717) is 30.2 Å². The van der Waals surface area contributed by atoms with Crippen molar-refractivity contribution in [2.45, 2.75) is 24.9 Å². The molecule has 1 fully saturated rings. The number of carbonyl (C=O) groups excluding carboxylic acids is 3. The van der Waals surface area contributed by atoms with Crippen LogP contribution in [0.2, 0.25) is 0 Å². The lowest BCUT2D eigenvalue weighted by atomic mass is 9.93. The number of hydrogen-bond donors (Lipinski definition) is 3. The number of hydrogen-bond acceptors (Lipinski definition) is 8. The van der Waals surface area contributed by atoms with Crippen LogP contribution in [0.1, 0.15) is 30.0 Å². The van der Waals surface area contributed by atoms with Crippen molar-refractivity contribution in [3.8, 4) is 6.07 Å². The van der Waals surface area contributed by atoms with Gasteiger partial charge < -0.3 is 30.3 Å². The number of benzene rings is 2. The summed E-state index contributed by atoms with van der Waals surface area (Å²) in [4.78, 5) is 41.9. The molecule has 0 aromatic heterocycles. The molecule has 1 atom stereocenters. The zero-order chi connectivity index (χ0) is 31.1. The molecule has 0 radical (unpaired) electrons. The van der Waals surface area contributed by atoms with E-state index < -0.39 is 41.5 Å². The fourth-order valence-corrected chi connectivity index (χ4v) is 5.21. The number of ether oxygens (including phenoxy) is 2. The number of imide groups is 1. The topological polar surface area (TPSA) is 136 Å². The van der Waals surface area contributed by atoms with Crippen molar-refractivity contribution in [3.05, 3.63) is 76.2 Å². The minimum Gasteiger partial charge on any atom is -0.466 e. The summed E-state index contributed by atoms with van der Waals surface area (Å²) in [5, 5.41) is 17.8. The van der Waals surface area contributed by atoms with Gasteiger partial charge in [0.2, 0.25) is 0 Å². The van der Waals surface area contributed by atoms with Gasteiger partial charge in [0.25, 0.3) is 0 Å². The molecule has 0 spiro atoms. The largest absolute Gasteiger partial charge is 0.466 e. The molecule has 14 heteroatoms. The van der Waals surface area contributed by atoms with E-state index in [4.69, 9.17) is 9.47 Å². The fraction of sp³-hybridized carbons (Fsp3) is 0.379.